The number of aryl methyl sites for hydroxylation is 1. The van der Waals surface area contributed by atoms with E-state index in [1.54, 1.807) is 0 Å². The van der Waals surface area contributed by atoms with Crippen molar-refractivity contribution >= 4 is 5.91 Å². The molecule has 1 saturated heterocycles. The summed E-state index contributed by atoms with van der Waals surface area (Å²) in [7, 11) is 0. The van der Waals surface area contributed by atoms with Crippen LogP contribution in [0.5, 0.6) is 0 Å². The molecular formula is C14H16N2O2. The van der Waals surface area contributed by atoms with Crippen molar-refractivity contribution < 1.29 is 9.53 Å². The maximum absolute atomic E-state index is 11.8. The lowest BCUT2D eigenvalue weighted by atomic mass is 9.87. The van der Waals surface area contributed by atoms with Crippen LogP contribution < -0.4 is 5.32 Å². The summed E-state index contributed by atoms with van der Waals surface area (Å²) in [4.78, 5) is 11.8. The van der Waals surface area contributed by atoms with Crippen LogP contribution in [0.3, 0.4) is 0 Å². The summed E-state index contributed by atoms with van der Waals surface area (Å²) in [5.74, 6) is -0.219. The van der Waals surface area contributed by atoms with Crippen LogP contribution in [0.15, 0.2) is 24.3 Å². The Morgan fingerprint density at radius 2 is 2.11 bits per heavy atom. The van der Waals surface area contributed by atoms with E-state index in [-0.39, 0.29) is 19.1 Å². The molecule has 0 aliphatic carbocycles. The van der Waals surface area contributed by atoms with Gasteiger partial charge in [-0.05, 0) is 18.9 Å². The number of benzene rings is 1. The van der Waals surface area contributed by atoms with Gasteiger partial charge in [0.1, 0.15) is 0 Å². The Bertz CT molecular complexity index is 470. The van der Waals surface area contributed by atoms with Gasteiger partial charge in [0, 0.05) is 6.54 Å². The maximum atomic E-state index is 11.8. The van der Waals surface area contributed by atoms with Crippen molar-refractivity contribution in [1.29, 1.82) is 5.26 Å². The molecule has 0 aromatic heterocycles. The lowest BCUT2D eigenvalue weighted by Crippen LogP contribution is -2.53. The van der Waals surface area contributed by atoms with Crippen LogP contribution in [-0.2, 0) is 16.0 Å². The Hall–Kier alpha value is -1.86. The molecule has 1 heterocycles. The Morgan fingerprint density at radius 3 is 2.61 bits per heavy atom. The van der Waals surface area contributed by atoms with E-state index in [4.69, 9.17) is 10.00 Å². The van der Waals surface area contributed by atoms with Gasteiger partial charge >= 0.3 is 0 Å². The first-order valence-electron chi connectivity index (χ1n) is 5.99. The largest absolute Gasteiger partial charge is 0.377 e. The number of nitriles is 1. The van der Waals surface area contributed by atoms with Gasteiger partial charge in [-0.25, -0.2) is 0 Å². The summed E-state index contributed by atoms with van der Waals surface area (Å²) < 4.78 is 4.94. The van der Waals surface area contributed by atoms with Gasteiger partial charge in [0.15, 0.2) is 5.41 Å². The van der Waals surface area contributed by atoms with E-state index in [0.29, 0.717) is 6.54 Å². The standard InChI is InChI=1S/C14H16N2O2/c1-11-2-4-12(5-3-11)6-7-16-13(17)14(8-15)9-18-10-14/h2-5H,6-7,9-10H2,1H3,(H,16,17). The Labute approximate surface area is 107 Å². The minimum absolute atomic E-state index is 0.208. The number of ether oxygens (including phenoxy) is 1. The topological polar surface area (TPSA) is 62.1 Å². The highest BCUT2D eigenvalue weighted by Gasteiger charge is 2.46. The fourth-order valence-corrected chi connectivity index (χ4v) is 1.80. The van der Waals surface area contributed by atoms with Crippen LogP contribution in [0.1, 0.15) is 11.1 Å². The molecule has 4 heteroatoms. The molecule has 18 heavy (non-hydrogen) atoms. The lowest BCUT2D eigenvalue weighted by molar-refractivity contribution is -0.149. The van der Waals surface area contributed by atoms with Crippen molar-refractivity contribution in [2.45, 2.75) is 13.3 Å². The third-order valence-corrected chi connectivity index (χ3v) is 3.17. The number of nitrogens with zero attached hydrogens (tertiary/aromatic N) is 1. The third kappa shape index (κ3) is 2.52. The average molecular weight is 244 g/mol. The van der Waals surface area contributed by atoms with Gasteiger partial charge in [-0.2, -0.15) is 5.26 Å². The van der Waals surface area contributed by atoms with E-state index >= 15 is 0 Å². The first kappa shape index (κ1) is 12.6. The molecule has 0 radical (unpaired) electrons. The number of hydrogen-bond donors (Lipinski definition) is 1. The number of nitrogens with one attached hydrogen (secondary N) is 1. The SMILES string of the molecule is Cc1ccc(CCNC(=O)C2(C#N)COC2)cc1. The summed E-state index contributed by atoms with van der Waals surface area (Å²) in [5, 5.41) is 11.8. The predicted molar refractivity (Wildman–Crippen MR) is 66.8 cm³/mol. The molecule has 1 aromatic carbocycles. The smallest absolute Gasteiger partial charge is 0.245 e. The zero-order chi connectivity index (χ0) is 13.0. The second-order valence-corrected chi connectivity index (χ2v) is 4.68. The zero-order valence-electron chi connectivity index (χ0n) is 10.4. The molecule has 94 valence electrons. The Morgan fingerprint density at radius 1 is 1.44 bits per heavy atom. The van der Waals surface area contributed by atoms with E-state index in [1.807, 2.05) is 37.3 Å². The summed E-state index contributed by atoms with van der Waals surface area (Å²) in [6, 6.07) is 10.2. The molecule has 0 spiro atoms. The van der Waals surface area contributed by atoms with Crippen LogP contribution in [0.25, 0.3) is 0 Å². The Kier molecular flexibility index (Phi) is 3.63. The van der Waals surface area contributed by atoms with Crippen LogP contribution >= 0.6 is 0 Å². The van der Waals surface area contributed by atoms with Crippen molar-refractivity contribution in [2.75, 3.05) is 19.8 Å². The fraction of sp³-hybridized carbons (Fsp3) is 0.429. The molecule has 4 nitrogen and oxygen atoms in total. The maximum Gasteiger partial charge on any atom is 0.245 e. The molecule has 2 rings (SSSR count). The van der Waals surface area contributed by atoms with Gasteiger partial charge in [0.25, 0.3) is 0 Å². The van der Waals surface area contributed by atoms with Crippen LogP contribution in [0.4, 0.5) is 0 Å². The number of rotatable bonds is 4. The van der Waals surface area contributed by atoms with Gasteiger partial charge in [0.05, 0.1) is 19.3 Å². The molecule has 1 aromatic rings. The van der Waals surface area contributed by atoms with Gasteiger partial charge in [-0.1, -0.05) is 29.8 Å². The zero-order valence-corrected chi connectivity index (χ0v) is 10.4. The minimum Gasteiger partial charge on any atom is -0.377 e. The van der Waals surface area contributed by atoms with E-state index < -0.39 is 5.41 Å². The van der Waals surface area contributed by atoms with Crippen LogP contribution in [0, 0.1) is 23.7 Å². The first-order valence-corrected chi connectivity index (χ1v) is 5.99. The molecule has 0 atom stereocenters. The summed E-state index contributed by atoms with van der Waals surface area (Å²) in [5.41, 5.74) is 1.45. The second kappa shape index (κ2) is 5.19. The number of carbonyl (C=O) groups excluding carboxylic acids is 1. The predicted octanol–water partition coefficient (Wildman–Crippen LogP) is 1.19. The second-order valence-electron chi connectivity index (χ2n) is 4.68. The first-order chi connectivity index (χ1) is 8.66. The minimum atomic E-state index is -0.951. The van der Waals surface area contributed by atoms with Gasteiger partial charge in [0.2, 0.25) is 5.91 Å². The highest BCUT2D eigenvalue weighted by Crippen LogP contribution is 2.26. The third-order valence-electron chi connectivity index (χ3n) is 3.17. The highest BCUT2D eigenvalue weighted by molar-refractivity contribution is 5.86. The molecule has 1 amide bonds. The van der Waals surface area contributed by atoms with E-state index in [9.17, 15) is 4.79 Å². The van der Waals surface area contributed by atoms with Crippen molar-refractivity contribution in [3.8, 4) is 6.07 Å². The lowest BCUT2D eigenvalue weighted by Gasteiger charge is -2.33. The average Bonchev–Trinajstić information content (AvgIpc) is 2.31. The van der Waals surface area contributed by atoms with Crippen molar-refractivity contribution in [1.82, 2.24) is 5.32 Å². The van der Waals surface area contributed by atoms with Crippen molar-refractivity contribution in [3.63, 3.8) is 0 Å². The van der Waals surface area contributed by atoms with E-state index in [1.165, 1.54) is 11.1 Å². The fourth-order valence-electron chi connectivity index (χ4n) is 1.80. The Balaban J connectivity index is 1.80. The molecule has 1 N–H and O–H groups in total. The molecule has 1 fully saturated rings. The number of hydrogen-bond acceptors (Lipinski definition) is 3. The molecule has 1 aliphatic heterocycles. The quantitative estimate of drug-likeness (QED) is 0.865. The van der Waals surface area contributed by atoms with Crippen molar-refractivity contribution in [2.24, 2.45) is 5.41 Å². The van der Waals surface area contributed by atoms with E-state index in [2.05, 4.69) is 5.32 Å². The highest BCUT2D eigenvalue weighted by atomic mass is 16.5. The number of carbonyl (C=O) groups is 1. The number of amides is 1. The van der Waals surface area contributed by atoms with E-state index in [0.717, 1.165) is 6.42 Å². The monoisotopic (exact) mass is 244 g/mol. The van der Waals surface area contributed by atoms with Gasteiger partial charge in [-0.15, -0.1) is 0 Å². The van der Waals surface area contributed by atoms with Crippen LogP contribution in [-0.4, -0.2) is 25.7 Å². The summed E-state index contributed by atoms with van der Waals surface area (Å²) >= 11 is 0. The molecular weight excluding hydrogens is 228 g/mol. The van der Waals surface area contributed by atoms with Gasteiger partial charge in [-0.3, -0.25) is 4.79 Å². The molecule has 0 bridgehead atoms. The molecule has 0 unspecified atom stereocenters. The molecule has 0 saturated carbocycles. The van der Waals surface area contributed by atoms with Gasteiger partial charge < -0.3 is 10.1 Å². The summed E-state index contributed by atoms with van der Waals surface area (Å²) in [6.07, 6.45) is 0.772. The van der Waals surface area contributed by atoms with Crippen LogP contribution in [0.2, 0.25) is 0 Å². The summed E-state index contributed by atoms with van der Waals surface area (Å²) in [6.45, 7) is 3.00. The molecule has 1 aliphatic rings. The van der Waals surface area contributed by atoms with Crippen molar-refractivity contribution in [3.05, 3.63) is 35.4 Å². The normalized spacial score (nSPS) is 16.4.